The van der Waals surface area contributed by atoms with Crippen LogP contribution in [0.2, 0.25) is 0 Å². The number of aromatic nitrogens is 3. The van der Waals surface area contributed by atoms with Crippen molar-refractivity contribution in [3.05, 3.63) is 23.1 Å². The van der Waals surface area contributed by atoms with Crippen LogP contribution in [0.1, 0.15) is 37.4 Å². The number of rotatable bonds is 4. The van der Waals surface area contributed by atoms with Gasteiger partial charge in [0.1, 0.15) is 16.5 Å². The zero-order valence-electron chi connectivity index (χ0n) is 14.7. The first-order valence-electron chi connectivity index (χ1n) is 8.55. The number of aliphatic hydroxyl groups is 1. The summed E-state index contributed by atoms with van der Waals surface area (Å²) in [6.07, 6.45) is 1.51. The van der Waals surface area contributed by atoms with Crippen LogP contribution in [0.4, 0.5) is 5.82 Å². The number of pyridine rings is 1. The van der Waals surface area contributed by atoms with Gasteiger partial charge in [-0.2, -0.15) is 0 Å². The Bertz CT molecular complexity index is 951. The molecule has 0 bridgehead atoms. The summed E-state index contributed by atoms with van der Waals surface area (Å²) in [5.41, 5.74) is 3.05. The topological polar surface area (TPSA) is 80.2 Å². The minimum Gasteiger partial charge on any atom is -0.396 e. The zero-order chi connectivity index (χ0) is 17.6. The third-order valence-electron chi connectivity index (χ3n) is 4.43. The molecule has 0 amide bonds. The third kappa shape index (κ3) is 3.07. The zero-order valence-corrected chi connectivity index (χ0v) is 15.5. The lowest BCUT2D eigenvalue weighted by Gasteiger charge is -2.30. The first-order valence-corrected chi connectivity index (χ1v) is 9.37. The lowest BCUT2D eigenvalue weighted by Crippen LogP contribution is -2.32. The van der Waals surface area contributed by atoms with E-state index >= 15 is 0 Å². The summed E-state index contributed by atoms with van der Waals surface area (Å²) in [5, 5.41) is 13.4. The monoisotopic (exact) mass is 358 g/mol. The van der Waals surface area contributed by atoms with Gasteiger partial charge in [-0.3, -0.25) is 0 Å². The van der Waals surface area contributed by atoms with Crippen molar-refractivity contribution in [3.63, 3.8) is 0 Å². The van der Waals surface area contributed by atoms with Gasteiger partial charge in [-0.1, -0.05) is 0 Å². The summed E-state index contributed by atoms with van der Waals surface area (Å²) in [6, 6.07) is 2.18. The van der Waals surface area contributed by atoms with Crippen LogP contribution < -0.4 is 5.32 Å². The van der Waals surface area contributed by atoms with Crippen LogP contribution in [0.5, 0.6) is 0 Å². The van der Waals surface area contributed by atoms with Crippen LogP contribution in [0, 0.1) is 6.92 Å². The number of nitrogens with one attached hydrogen (secondary N) is 1. The number of fused-ring (bicyclic) bond motifs is 4. The van der Waals surface area contributed by atoms with Crippen LogP contribution >= 0.6 is 11.3 Å². The van der Waals surface area contributed by atoms with E-state index < -0.39 is 0 Å². The molecule has 0 saturated carbocycles. The third-order valence-corrected chi connectivity index (χ3v) is 5.52. The van der Waals surface area contributed by atoms with Crippen molar-refractivity contribution in [2.45, 2.75) is 45.8 Å². The number of aryl methyl sites for hydroxylation is 1. The molecule has 0 aromatic carbocycles. The van der Waals surface area contributed by atoms with Crippen molar-refractivity contribution in [1.29, 1.82) is 0 Å². The van der Waals surface area contributed by atoms with E-state index in [0.29, 0.717) is 19.6 Å². The Kier molecular flexibility index (Phi) is 4.10. The Morgan fingerprint density at radius 1 is 1.32 bits per heavy atom. The van der Waals surface area contributed by atoms with Crippen molar-refractivity contribution in [1.82, 2.24) is 15.0 Å². The maximum Gasteiger partial charge on any atom is 0.147 e. The van der Waals surface area contributed by atoms with Gasteiger partial charge in [-0.25, -0.2) is 15.0 Å². The second-order valence-electron chi connectivity index (χ2n) is 7.08. The quantitative estimate of drug-likeness (QED) is 0.697. The van der Waals surface area contributed by atoms with Gasteiger partial charge in [-0.15, -0.1) is 11.3 Å². The van der Waals surface area contributed by atoms with E-state index in [0.717, 1.165) is 49.8 Å². The Morgan fingerprint density at radius 2 is 2.16 bits per heavy atom. The average molecular weight is 358 g/mol. The van der Waals surface area contributed by atoms with Crippen LogP contribution in [0.15, 0.2) is 6.07 Å². The standard InChI is InChI=1S/C18H22N4O2S/c1-10-20-14-12-7-11-9-24-18(2,3)8-13(11)22-17(12)25-15(14)16(21-10)19-5-4-6-23/h7,23H,4-6,8-9H2,1-3H3,(H,19,20,21). The maximum atomic E-state index is 9.00. The fourth-order valence-corrected chi connectivity index (χ4v) is 4.25. The maximum absolute atomic E-state index is 9.00. The molecule has 0 fully saturated rings. The van der Waals surface area contributed by atoms with Gasteiger partial charge in [0.15, 0.2) is 0 Å². The highest BCUT2D eigenvalue weighted by molar-refractivity contribution is 7.25. The summed E-state index contributed by atoms with van der Waals surface area (Å²) in [6.45, 7) is 7.54. The van der Waals surface area contributed by atoms with Gasteiger partial charge < -0.3 is 15.2 Å². The number of ether oxygens (including phenoxy) is 1. The Labute approximate surface area is 150 Å². The molecule has 3 aromatic heterocycles. The minimum absolute atomic E-state index is 0.163. The van der Waals surface area contributed by atoms with Crippen molar-refractivity contribution in [2.75, 3.05) is 18.5 Å². The smallest absolute Gasteiger partial charge is 0.147 e. The number of thiophene rings is 1. The van der Waals surface area contributed by atoms with Gasteiger partial charge in [0.25, 0.3) is 0 Å². The fourth-order valence-electron chi connectivity index (χ4n) is 3.17. The molecule has 0 spiro atoms. The molecule has 1 aliphatic heterocycles. The van der Waals surface area contributed by atoms with Crippen molar-refractivity contribution >= 4 is 37.6 Å². The van der Waals surface area contributed by atoms with E-state index in [1.165, 1.54) is 0 Å². The lowest BCUT2D eigenvalue weighted by atomic mass is 9.95. The van der Waals surface area contributed by atoms with Gasteiger partial charge in [0.05, 0.1) is 28.1 Å². The average Bonchev–Trinajstić information content (AvgIpc) is 2.90. The summed E-state index contributed by atoms with van der Waals surface area (Å²) in [5.74, 6) is 1.56. The van der Waals surface area contributed by atoms with Crippen LogP contribution in [-0.2, 0) is 17.8 Å². The van der Waals surface area contributed by atoms with Gasteiger partial charge >= 0.3 is 0 Å². The molecule has 25 heavy (non-hydrogen) atoms. The normalized spacial score (nSPS) is 16.3. The summed E-state index contributed by atoms with van der Waals surface area (Å²) in [4.78, 5) is 15.1. The molecule has 0 unspecified atom stereocenters. The summed E-state index contributed by atoms with van der Waals surface area (Å²) in [7, 11) is 0. The molecule has 0 atom stereocenters. The van der Waals surface area contributed by atoms with E-state index in [4.69, 9.17) is 14.8 Å². The molecular weight excluding hydrogens is 336 g/mol. The Balaban J connectivity index is 1.85. The first kappa shape index (κ1) is 16.6. The molecule has 4 heterocycles. The van der Waals surface area contributed by atoms with Crippen LogP contribution in [0.25, 0.3) is 20.4 Å². The highest BCUT2D eigenvalue weighted by atomic mass is 32.1. The summed E-state index contributed by atoms with van der Waals surface area (Å²) >= 11 is 1.63. The first-order chi connectivity index (χ1) is 12.0. The predicted molar refractivity (Wildman–Crippen MR) is 100 cm³/mol. The molecule has 4 rings (SSSR count). The number of anilines is 1. The van der Waals surface area contributed by atoms with E-state index in [1.54, 1.807) is 11.3 Å². The van der Waals surface area contributed by atoms with E-state index in [2.05, 4.69) is 35.2 Å². The molecule has 6 nitrogen and oxygen atoms in total. The van der Waals surface area contributed by atoms with E-state index in [-0.39, 0.29) is 12.2 Å². The van der Waals surface area contributed by atoms with Gasteiger partial charge in [0.2, 0.25) is 0 Å². The lowest BCUT2D eigenvalue weighted by molar-refractivity contribution is -0.0411. The van der Waals surface area contributed by atoms with Crippen molar-refractivity contribution in [3.8, 4) is 0 Å². The molecule has 132 valence electrons. The number of hydrogen-bond donors (Lipinski definition) is 2. The highest BCUT2D eigenvalue weighted by Crippen LogP contribution is 2.38. The molecule has 1 aliphatic rings. The molecule has 0 radical (unpaired) electrons. The summed E-state index contributed by atoms with van der Waals surface area (Å²) < 4.78 is 6.96. The molecule has 2 N–H and O–H groups in total. The predicted octanol–water partition coefficient (Wildman–Crippen LogP) is 3.19. The molecule has 7 heteroatoms. The fraction of sp³-hybridized carbons (Fsp3) is 0.500. The SMILES string of the molecule is Cc1nc(NCCCO)c2sc3nc4c(cc3c2n1)COC(C)(C)C4. The van der Waals surface area contributed by atoms with Crippen LogP contribution in [-0.4, -0.2) is 38.8 Å². The number of hydrogen-bond acceptors (Lipinski definition) is 7. The van der Waals surface area contributed by atoms with Gasteiger partial charge in [0, 0.05) is 30.5 Å². The highest BCUT2D eigenvalue weighted by Gasteiger charge is 2.28. The number of aliphatic hydroxyl groups excluding tert-OH is 1. The largest absolute Gasteiger partial charge is 0.396 e. The molecule has 3 aromatic rings. The van der Waals surface area contributed by atoms with E-state index in [1.807, 2.05) is 6.92 Å². The van der Waals surface area contributed by atoms with Crippen LogP contribution in [0.3, 0.4) is 0 Å². The Morgan fingerprint density at radius 3 is 2.96 bits per heavy atom. The van der Waals surface area contributed by atoms with Gasteiger partial charge in [-0.05, 0) is 33.3 Å². The molecular formula is C18H22N4O2S. The number of nitrogens with zero attached hydrogens (tertiary/aromatic N) is 3. The Hall–Kier alpha value is -1.83. The van der Waals surface area contributed by atoms with Crippen molar-refractivity contribution < 1.29 is 9.84 Å². The second kappa shape index (κ2) is 6.16. The second-order valence-corrected chi connectivity index (χ2v) is 8.07. The minimum atomic E-state index is -0.169. The molecule has 0 aliphatic carbocycles. The van der Waals surface area contributed by atoms with Crippen molar-refractivity contribution in [2.24, 2.45) is 0 Å². The van der Waals surface area contributed by atoms with E-state index in [9.17, 15) is 0 Å². The molecule has 0 saturated heterocycles.